The van der Waals surface area contributed by atoms with Gasteiger partial charge < -0.3 is 14.5 Å². The minimum atomic E-state index is -0.361. The maximum Gasteiger partial charge on any atom is 0.240 e. The van der Waals surface area contributed by atoms with Crippen LogP contribution in [0.2, 0.25) is 0 Å². The van der Waals surface area contributed by atoms with E-state index in [0.29, 0.717) is 13.1 Å². The van der Waals surface area contributed by atoms with E-state index in [9.17, 15) is 9.59 Å². The number of benzene rings is 1. The molecule has 0 aromatic heterocycles. The van der Waals surface area contributed by atoms with Crippen molar-refractivity contribution in [2.45, 2.75) is 38.5 Å². The predicted molar refractivity (Wildman–Crippen MR) is 103 cm³/mol. The lowest BCUT2D eigenvalue weighted by Crippen LogP contribution is -3.16. The Hall–Kier alpha value is -2.08. The molecule has 2 amide bonds. The first-order chi connectivity index (χ1) is 13.1. The summed E-state index contributed by atoms with van der Waals surface area (Å²) in [5, 5.41) is 0. The lowest BCUT2D eigenvalue weighted by atomic mass is 9.73. The van der Waals surface area contributed by atoms with Gasteiger partial charge in [0, 0.05) is 12.1 Å². The highest BCUT2D eigenvalue weighted by Gasteiger charge is 2.52. The monoisotopic (exact) mass is 372 g/mol. The summed E-state index contributed by atoms with van der Waals surface area (Å²) in [7, 11) is 1.68. The number of ether oxygens (including phenoxy) is 1. The summed E-state index contributed by atoms with van der Waals surface area (Å²) in [6, 6.07) is 8.15. The van der Waals surface area contributed by atoms with Crippen molar-refractivity contribution in [3.05, 3.63) is 24.3 Å². The second kappa shape index (κ2) is 7.50. The van der Waals surface area contributed by atoms with E-state index in [1.165, 1.54) is 17.0 Å². The molecular formula is C21H30N3O3+. The molecule has 4 rings (SSSR count). The van der Waals surface area contributed by atoms with E-state index < -0.39 is 0 Å². The molecule has 0 bridgehead atoms. The standard InChI is InChI=1S/C21H29N3O3/c1-27-18-7-5-17(6-8-18)23-13-11-22(12-14-23)16-24-19(25)15-21(20(24)26)9-3-2-4-10-21/h5-8H,2-4,9-16H2,1H3/p+1. The fraction of sp³-hybridized carbons (Fsp3) is 0.619. The van der Waals surface area contributed by atoms with Crippen LogP contribution in [0, 0.1) is 5.41 Å². The Balaban J connectivity index is 1.33. The lowest BCUT2D eigenvalue weighted by molar-refractivity contribution is -0.908. The van der Waals surface area contributed by atoms with E-state index in [4.69, 9.17) is 4.74 Å². The third kappa shape index (κ3) is 3.55. The van der Waals surface area contributed by atoms with E-state index in [-0.39, 0.29) is 17.2 Å². The molecule has 1 aromatic rings. The van der Waals surface area contributed by atoms with Crippen molar-refractivity contribution in [2.75, 3.05) is 44.9 Å². The summed E-state index contributed by atoms with van der Waals surface area (Å²) in [5.41, 5.74) is 0.837. The minimum absolute atomic E-state index is 0.0481. The number of carbonyl (C=O) groups is 2. The number of methoxy groups -OCH3 is 1. The van der Waals surface area contributed by atoms with Crippen LogP contribution >= 0.6 is 0 Å². The Bertz CT molecular complexity index is 689. The third-order valence-corrected chi connectivity index (χ3v) is 6.59. The second-order valence-electron chi connectivity index (χ2n) is 8.24. The van der Waals surface area contributed by atoms with Crippen LogP contribution in [0.25, 0.3) is 0 Å². The molecule has 1 saturated carbocycles. The van der Waals surface area contributed by atoms with Crippen molar-refractivity contribution in [2.24, 2.45) is 5.41 Å². The molecule has 1 spiro atoms. The molecule has 0 unspecified atom stereocenters. The summed E-state index contributed by atoms with van der Waals surface area (Å²) < 4.78 is 5.22. The number of likely N-dealkylation sites (tertiary alicyclic amines) is 1. The summed E-state index contributed by atoms with van der Waals surface area (Å²) in [6.07, 6.45) is 5.60. The highest BCUT2D eigenvalue weighted by Crippen LogP contribution is 2.44. The third-order valence-electron chi connectivity index (χ3n) is 6.59. The Kier molecular flexibility index (Phi) is 5.08. The van der Waals surface area contributed by atoms with Gasteiger partial charge in [-0.25, -0.2) is 4.90 Å². The Labute approximate surface area is 161 Å². The quantitative estimate of drug-likeness (QED) is 0.804. The van der Waals surface area contributed by atoms with Crippen molar-refractivity contribution < 1.29 is 19.2 Å². The van der Waals surface area contributed by atoms with Crippen molar-refractivity contribution >= 4 is 17.5 Å². The summed E-state index contributed by atoms with van der Waals surface area (Å²) >= 11 is 0. The summed E-state index contributed by atoms with van der Waals surface area (Å²) in [5.74, 6) is 1.02. The van der Waals surface area contributed by atoms with Gasteiger partial charge in [0.25, 0.3) is 0 Å². The van der Waals surface area contributed by atoms with E-state index >= 15 is 0 Å². The SMILES string of the molecule is COc1ccc(N2CC[NH+](CN3C(=O)CC4(CCCCC4)C3=O)CC2)cc1. The van der Waals surface area contributed by atoms with E-state index in [2.05, 4.69) is 17.0 Å². The maximum absolute atomic E-state index is 13.0. The second-order valence-corrected chi connectivity index (χ2v) is 8.24. The zero-order valence-electron chi connectivity index (χ0n) is 16.2. The Morgan fingerprint density at radius 3 is 2.33 bits per heavy atom. The van der Waals surface area contributed by atoms with Gasteiger partial charge in [-0.05, 0) is 37.1 Å². The number of nitrogens with one attached hydrogen (secondary N) is 1. The predicted octanol–water partition coefficient (Wildman–Crippen LogP) is 1.07. The number of quaternary nitrogens is 1. The molecular weight excluding hydrogens is 342 g/mol. The van der Waals surface area contributed by atoms with E-state index in [1.807, 2.05) is 12.1 Å². The van der Waals surface area contributed by atoms with Gasteiger partial charge in [0.05, 0.1) is 38.7 Å². The zero-order chi connectivity index (χ0) is 18.9. The van der Waals surface area contributed by atoms with Crippen LogP contribution in [0.1, 0.15) is 38.5 Å². The van der Waals surface area contributed by atoms with Crippen molar-refractivity contribution in [1.82, 2.24) is 4.90 Å². The van der Waals surface area contributed by atoms with Crippen LogP contribution in [0.15, 0.2) is 24.3 Å². The van der Waals surface area contributed by atoms with Crippen molar-refractivity contribution in [3.8, 4) is 5.75 Å². The van der Waals surface area contributed by atoms with Crippen LogP contribution in [0.3, 0.4) is 0 Å². The average Bonchev–Trinajstić information content (AvgIpc) is 2.93. The van der Waals surface area contributed by atoms with Gasteiger partial charge in [-0.1, -0.05) is 19.3 Å². The molecule has 27 heavy (non-hydrogen) atoms. The molecule has 0 atom stereocenters. The maximum atomic E-state index is 13.0. The number of imide groups is 1. The Morgan fingerprint density at radius 2 is 1.70 bits per heavy atom. The number of hydrogen-bond donors (Lipinski definition) is 1. The van der Waals surface area contributed by atoms with E-state index in [1.54, 1.807) is 12.0 Å². The molecule has 3 aliphatic rings. The van der Waals surface area contributed by atoms with Crippen LogP contribution in [-0.4, -0.2) is 56.7 Å². The number of rotatable bonds is 4. The van der Waals surface area contributed by atoms with Crippen LogP contribution in [0.4, 0.5) is 5.69 Å². The number of anilines is 1. The van der Waals surface area contributed by atoms with Gasteiger partial charge in [0.15, 0.2) is 6.67 Å². The van der Waals surface area contributed by atoms with Crippen LogP contribution in [0.5, 0.6) is 5.75 Å². The van der Waals surface area contributed by atoms with Gasteiger partial charge in [-0.15, -0.1) is 0 Å². The van der Waals surface area contributed by atoms with Crippen molar-refractivity contribution in [1.29, 1.82) is 0 Å². The molecule has 1 aromatic carbocycles. The molecule has 6 heteroatoms. The molecule has 2 saturated heterocycles. The van der Waals surface area contributed by atoms with Gasteiger partial charge in [0.1, 0.15) is 5.75 Å². The first-order valence-corrected chi connectivity index (χ1v) is 10.2. The highest BCUT2D eigenvalue weighted by molar-refractivity contribution is 6.05. The highest BCUT2D eigenvalue weighted by atomic mass is 16.5. The number of hydrogen-bond acceptors (Lipinski definition) is 4. The molecule has 2 heterocycles. The fourth-order valence-electron chi connectivity index (χ4n) is 4.90. The van der Waals surface area contributed by atoms with Crippen LogP contribution < -0.4 is 14.5 Å². The largest absolute Gasteiger partial charge is 0.497 e. The Morgan fingerprint density at radius 1 is 1.04 bits per heavy atom. The fourth-order valence-corrected chi connectivity index (χ4v) is 4.90. The number of amides is 2. The molecule has 6 nitrogen and oxygen atoms in total. The lowest BCUT2D eigenvalue weighted by Gasteiger charge is -2.35. The topological polar surface area (TPSA) is 54.3 Å². The molecule has 146 valence electrons. The number of piperazine rings is 1. The van der Waals surface area contributed by atoms with Crippen molar-refractivity contribution in [3.63, 3.8) is 0 Å². The van der Waals surface area contributed by atoms with Gasteiger partial charge in [-0.2, -0.15) is 0 Å². The summed E-state index contributed by atoms with van der Waals surface area (Å²) in [4.78, 5) is 30.8. The molecule has 0 radical (unpaired) electrons. The first kappa shape index (κ1) is 18.3. The van der Waals surface area contributed by atoms with Gasteiger partial charge in [-0.3, -0.25) is 9.59 Å². The van der Waals surface area contributed by atoms with Gasteiger partial charge >= 0.3 is 0 Å². The van der Waals surface area contributed by atoms with E-state index in [0.717, 1.165) is 57.6 Å². The van der Waals surface area contributed by atoms with Gasteiger partial charge in [0.2, 0.25) is 11.8 Å². The summed E-state index contributed by atoms with van der Waals surface area (Å²) in [6.45, 7) is 4.29. The molecule has 2 aliphatic heterocycles. The zero-order valence-corrected chi connectivity index (χ0v) is 16.2. The smallest absolute Gasteiger partial charge is 0.240 e. The first-order valence-electron chi connectivity index (χ1n) is 10.2. The average molecular weight is 372 g/mol. The minimum Gasteiger partial charge on any atom is -0.497 e. The number of nitrogens with zero attached hydrogens (tertiary/aromatic N) is 2. The molecule has 3 fully saturated rings. The normalized spacial score (nSPS) is 23.3. The number of carbonyl (C=O) groups excluding carboxylic acids is 2. The molecule has 1 N–H and O–H groups in total. The molecule has 1 aliphatic carbocycles. The van der Waals surface area contributed by atoms with Crippen LogP contribution in [-0.2, 0) is 9.59 Å².